The molecule has 0 saturated carbocycles. The zero-order valence-corrected chi connectivity index (χ0v) is 19.8. The van der Waals surface area contributed by atoms with E-state index in [9.17, 15) is 20.1 Å². The Morgan fingerprint density at radius 1 is 1.18 bits per heavy atom. The summed E-state index contributed by atoms with van der Waals surface area (Å²) >= 11 is 0. The largest absolute Gasteiger partial charge is 0.394 e. The Kier molecular flexibility index (Phi) is 10.9. The zero-order chi connectivity index (χ0) is 25.1. The summed E-state index contributed by atoms with van der Waals surface area (Å²) in [6, 6.07) is 13.4. The van der Waals surface area contributed by atoms with E-state index in [1.807, 2.05) is 61.5 Å². The molecule has 0 radical (unpaired) electrons. The third-order valence-electron chi connectivity index (χ3n) is 5.40. The summed E-state index contributed by atoms with van der Waals surface area (Å²) in [5, 5.41) is 34.7. The number of hydrogen-bond acceptors (Lipinski definition) is 6. The van der Waals surface area contributed by atoms with Gasteiger partial charge in [-0.1, -0.05) is 42.5 Å². The number of nitrogens with one attached hydrogen (secondary N) is 2. The van der Waals surface area contributed by atoms with Crippen molar-refractivity contribution in [3.8, 4) is 0 Å². The number of rotatable bonds is 7. The number of amides is 2. The highest BCUT2D eigenvalue weighted by Crippen LogP contribution is 2.32. The predicted octanol–water partition coefficient (Wildman–Crippen LogP) is 1.52. The summed E-state index contributed by atoms with van der Waals surface area (Å²) in [5.74, 6) is -0.115. The lowest BCUT2D eigenvalue weighted by atomic mass is 9.92. The molecule has 3 rings (SSSR count). The zero-order valence-electron chi connectivity index (χ0n) is 19.8. The highest BCUT2D eigenvalue weighted by atomic mass is 16.5. The van der Waals surface area contributed by atoms with Gasteiger partial charge in [-0.25, -0.2) is 0 Å². The van der Waals surface area contributed by atoms with Crippen LogP contribution in [-0.4, -0.2) is 66.7 Å². The fourth-order valence-corrected chi connectivity index (χ4v) is 3.76. The van der Waals surface area contributed by atoms with Gasteiger partial charge in [0.2, 0.25) is 6.41 Å². The van der Waals surface area contributed by atoms with Gasteiger partial charge in [-0.2, -0.15) is 0 Å². The van der Waals surface area contributed by atoms with Crippen molar-refractivity contribution >= 4 is 18.4 Å². The molecule has 5 N–H and O–H groups in total. The molecular weight excluding hydrogens is 436 g/mol. The van der Waals surface area contributed by atoms with E-state index in [1.165, 1.54) is 0 Å². The molecule has 2 amide bonds. The minimum atomic E-state index is -1.03. The number of aryl methyl sites for hydroxylation is 1. The average molecular weight is 471 g/mol. The van der Waals surface area contributed by atoms with Crippen molar-refractivity contribution in [3.63, 3.8) is 0 Å². The van der Waals surface area contributed by atoms with Gasteiger partial charge in [0.25, 0.3) is 5.91 Å². The first-order valence-electron chi connectivity index (χ1n) is 11.1. The Hall–Kier alpha value is -3.04. The minimum absolute atomic E-state index is 0.115. The number of benzene rings is 2. The van der Waals surface area contributed by atoms with E-state index in [1.54, 1.807) is 14.1 Å². The van der Waals surface area contributed by atoms with Crippen LogP contribution in [0.1, 0.15) is 45.1 Å². The SMILES string of the molecule is CNC(=O)c1cc(C)cc(/C=C/Cc2cccc([C@H]3OC(CO)CC(O)C3O)c2)c1.CNC=O. The van der Waals surface area contributed by atoms with Gasteiger partial charge in [-0.15, -0.1) is 0 Å². The number of ether oxygens (including phenoxy) is 1. The van der Waals surface area contributed by atoms with Crippen LogP contribution in [0.15, 0.2) is 48.5 Å². The summed E-state index contributed by atoms with van der Waals surface area (Å²) in [4.78, 5) is 21.0. The third-order valence-corrected chi connectivity index (χ3v) is 5.40. The van der Waals surface area contributed by atoms with Crippen LogP contribution in [0.3, 0.4) is 0 Å². The van der Waals surface area contributed by atoms with Gasteiger partial charge >= 0.3 is 0 Å². The van der Waals surface area contributed by atoms with Crippen LogP contribution in [0, 0.1) is 6.92 Å². The molecule has 1 fully saturated rings. The molecule has 1 heterocycles. The van der Waals surface area contributed by atoms with Crippen LogP contribution in [-0.2, 0) is 16.0 Å². The van der Waals surface area contributed by atoms with E-state index in [-0.39, 0.29) is 18.9 Å². The molecule has 2 aromatic rings. The van der Waals surface area contributed by atoms with E-state index in [0.29, 0.717) is 18.4 Å². The summed E-state index contributed by atoms with van der Waals surface area (Å²) < 4.78 is 5.78. The smallest absolute Gasteiger partial charge is 0.251 e. The summed E-state index contributed by atoms with van der Waals surface area (Å²) in [6.07, 6.45) is 2.36. The molecule has 0 aliphatic carbocycles. The Morgan fingerprint density at radius 3 is 2.56 bits per heavy atom. The molecule has 1 saturated heterocycles. The maximum Gasteiger partial charge on any atom is 0.251 e. The molecule has 4 atom stereocenters. The van der Waals surface area contributed by atoms with Crippen LogP contribution in [0.4, 0.5) is 0 Å². The number of hydrogen-bond donors (Lipinski definition) is 5. The van der Waals surface area contributed by atoms with Gasteiger partial charge < -0.3 is 30.7 Å². The first kappa shape index (κ1) is 27.2. The molecule has 8 nitrogen and oxygen atoms in total. The monoisotopic (exact) mass is 470 g/mol. The van der Waals surface area contributed by atoms with Gasteiger partial charge in [-0.3, -0.25) is 9.59 Å². The molecule has 2 aromatic carbocycles. The van der Waals surface area contributed by atoms with Crippen molar-refractivity contribution in [2.24, 2.45) is 0 Å². The highest BCUT2D eigenvalue weighted by Gasteiger charge is 2.37. The lowest BCUT2D eigenvalue weighted by Gasteiger charge is -2.37. The standard InChI is InChI=1S/C24H29NO5.C2H5NO/c1-15-9-17(12-19(10-15)24(29)25-2)7-3-5-16-6-4-8-18(11-16)23-22(28)21(27)13-20(14-26)30-23;1-3-2-4/h3-4,6-12,20-23,26-28H,5,13-14H2,1-2H3,(H,25,29);2H,1H3,(H,3,4)/b7-3+;/t20?,21?,22?,23-;/m1./s1. The van der Waals surface area contributed by atoms with Crippen molar-refractivity contribution in [3.05, 3.63) is 76.4 Å². The van der Waals surface area contributed by atoms with Gasteiger partial charge in [0.15, 0.2) is 0 Å². The van der Waals surface area contributed by atoms with Gasteiger partial charge in [0, 0.05) is 26.1 Å². The molecule has 184 valence electrons. The number of aliphatic hydroxyl groups excluding tert-OH is 3. The Balaban J connectivity index is 0.000000945. The van der Waals surface area contributed by atoms with Crippen LogP contribution < -0.4 is 10.6 Å². The summed E-state index contributed by atoms with van der Waals surface area (Å²) in [6.45, 7) is 1.76. The van der Waals surface area contributed by atoms with Crippen molar-refractivity contribution in [2.45, 2.75) is 44.2 Å². The number of carbonyl (C=O) groups is 2. The van der Waals surface area contributed by atoms with Gasteiger partial charge in [0.05, 0.1) is 18.8 Å². The lowest BCUT2D eigenvalue weighted by molar-refractivity contribution is -0.179. The van der Waals surface area contributed by atoms with Crippen LogP contribution in [0.25, 0.3) is 6.08 Å². The molecule has 0 spiro atoms. The fourth-order valence-electron chi connectivity index (χ4n) is 3.76. The average Bonchev–Trinajstić information content (AvgIpc) is 2.85. The normalized spacial score (nSPS) is 21.9. The van der Waals surface area contributed by atoms with E-state index in [4.69, 9.17) is 9.53 Å². The Bertz CT molecular complexity index is 978. The van der Waals surface area contributed by atoms with Crippen LogP contribution in [0.2, 0.25) is 0 Å². The number of allylic oxidation sites excluding steroid dienone is 1. The van der Waals surface area contributed by atoms with E-state index < -0.39 is 24.4 Å². The Labute approximate surface area is 200 Å². The quantitative estimate of drug-likeness (QED) is 0.391. The van der Waals surface area contributed by atoms with Gasteiger partial charge in [-0.05, 0) is 47.7 Å². The minimum Gasteiger partial charge on any atom is -0.394 e. The molecule has 8 heteroatoms. The van der Waals surface area contributed by atoms with Crippen molar-refractivity contribution < 1.29 is 29.6 Å². The second kappa shape index (κ2) is 13.6. The highest BCUT2D eigenvalue weighted by molar-refractivity contribution is 5.94. The van der Waals surface area contributed by atoms with Crippen LogP contribution in [0.5, 0.6) is 0 Å². The second-order valence-corrected chi connectivity index (χ2v) is 8.12. The molecule has 1 aliphatic rings. The first-order chi connectivity index (χ1) is 16.3. The predicted molar refractivity (Wildman–Crippen MR) is 130 cm³/mol. The topological polar surface area (TPSA) is 128 Å². The molecule has 0 aromatic heterocycles. The van der Waals surface area contributed by atoms with E-state index >= 15 is 0 Å². The maximum atomic E-state index is 11.9. The number of carbonyl (C=O) groups excluding carboxylic acids is 2. The Morgan fingerprint density at radius 2 is 1.91 bits per heavy atom. The third kappa shape index (κ3) is 7.78. The van der Waals surface area contributed by atoms with E-state index in [2.05, 4.69) is 10.6 Å². The summed E-state index contributed by atoms with van der Waals surface area (Å²) in [7, 11) is 3.18. The molecule has 0 bridgehead atoms. The fraction of sp³-hybridized carbons (Fsp3) is 0.385. The molecule has 34 heavy (non-hydrogen) atoms. The molecular formula is C26H34N2O6. The van der Waals surface area contributed by atoms with Crippen molar-refractivity contribution in [2.75, 3.05) is 20.7 Å². The van der Waals surface area contributed by atoms with Crippen LogP contribution >= 0.6 is 0 Å². The first-order valence-corrected chi connectivity index (χ1v) is 11.1. The summed E-state index contributed by atoms with van der Waals surface area (Å²) in [5.41, 5.74) is 4.38. The van der Waals surface area contributed by atoms with Gasteiger partial charge in [0.1, 0.15) is 12.2 Å². The number of aliphatic hydroxyl groups is 3. The van der Waals surface area contributed by atoms with E-state index in [0.717, 1.165) is 22.3 Å². The molecule has 1 aliphatic heterocycles. The lowest BCUT2D eigenvalue weighted by Crippen LogP contribution is -2.44. The van der Waals surface area contributed by atoms with Crippen molar-refractivity contribution in [1.82, 2.24) is 10.6 Å². The maximum absolute atomic E-state index is 11.9. The molecule has 3 unspecified atom stereocenters. The van der Waals surface area contributed by atoms with Crippen molar-refractivity contribution in [1.29, 1.82) is 0 Å². The second-order valence-electron chi connectivity index (χ2n) is 8.12.